The maximum Gasteiger partial charge on any atom is 0.275 e. The third kappa shape index (κ3) is 3.80. The van der Waals surface area contributed by atoms with E-state index in [0.29, 0.717) is 19.0 Å². The molecule has 1 saturated carbocycles. The van der Waals surface area contributed by atoms with Gasteiger partial charge in [-0.1, -0.05) is 18.2 Å². The highest BCUT2D eigenvalue weighted by atomic mass is 32.2. The van der Waals surface area contributed by atoms with E-state index in [0.717, 1.165) is 24.8 Å². The van der Waals surface area contributed by atoms with Crippen molar-refractivity contribution in [2.45, 2.75) is 24.4 Å². The smallest absolute Gasteiger partial charge is 0.275 e. The molecule has 7 heteroatoms. The molecule has 0 atom stereocenters. The zero-order valence-corrected chi connectivity index (χ0v) is 13.8. The van der Waals surface area contributed by atoms with Crippen LogP contribution in [0.3, 0.4) is 0 Å². The van der Waals surface area contributed by atoms with E-state index >= 15 is 0 Å². The number of rotatable bonds is 8. The van der Waals surface area contributed by atoms with E-state index in [2.05, 4.69) is 9.71 Å². The fourth-order valence-electron chi connectivity index (χ4n) is 2.43. The van der Waals surface area contributed by atoms with Gasteiger partial charge in [-0.3, -0.25) is 0 Å². The molecular formula is C16H20N2O4S. The Hall–Kier alpha value is -1.70. The monoisotopic (exact) mass is 336 g/mol. The van der Waals surface area contributed by atoms with E-state index in [1.54, 1.807) is 7.11 Å². The van der Waals surface area contributed by atoms with Gasteiger partial charge in [-0.2, -0.15) is 0 Å². The van der Waals surface area contributed by atoms with E-state index in [9.17, 15) is 8.42 Å². The van der Waals surface area contributed by atoms with E-state index in [4.69, 9.17) is 9.15 Å². The highest BCUT2D eigenvalue weighted by molar-refractivity contribution is 7.89. The normalized spacial score (nSPS) is 16.4. The molecule has 1 aliphatic carbocycles. The minimum absolute atomic E-state index is 0.0331. The van der Waals surface area contributed by atoms with Crippen LogP contribution in [0.4, 0.5) is 0 Å². The fourth-order valence-corrected chi connectivity index (χ4v) is 3.45. The number of benzene rings is 1. The van der Waals surface area contributed by atoms with Crippen molar-refractivity contribution in [3.63, 3.8) is 0 Å². The van der Waals surface area contributed by atoms with Gasteiger partial charge in [-0.15, -0.1) is 0 Å². The first-order valence-corrected chi connectivity index (χ1v) is 9.03. The van der Waals surface area contributed by atoms with Crippen molar-refractivity contribution >= 4 is 10.0 Å². The lowest BCUT2D eigenvalue weighted by atomic mass is 10.0. The number of hydrogen-bond acceptors (Lipinski definition) is 5. The molecule has 1 aromatic heterocycles. The summed E-state index contributed by atoms with van der Waals surface area (Å²) in [5.41, 5.74) is 0.776. The number of oxazole rings is 1. The number of methoxy groups -OCH3 is 1. The second-order valence-electron chi connectivity index (χ2n) is 5.92. The predicted molar refractivity (Wildman–Crippen MR) is 85.3 cm³/mol. The summed E-state index contributed by atoms with van der Waals surface area (Å²) < 4.78 is 37.8. The molecule has 124 valence electrons. The van der Waals surface area contributed by atoms with Crippen LogP contribution in [0.25, 0.3) is 11.5 Å². The highest BCUT2D eigenvalue weighted by Gasteiger charge is 2.43. The SMILES string of the molecule is COCCC1(CNS(=O)(=O)c2cnc(-c3ccccc3)o2)CC1. The van der Waals surface area contributed by atoms with Crippen LogP contribution in [0.5, 0.6) is 0 Å². The Balaban J connectivity index is 1.68. The predicted octanol–water partition coefficient (Wildman–Crippen LogP) is 2.44. The molecule has 0 aliphatic heterocycles. The second-order valence-corrected chi connectivity index (χ2v) is 7.62. The first kappa shape index (κ1) is 16.2. The number of ether oxygens (including phenoxy) is 1. The molecule has 0 bridgehead atoms. The molecule has 23 heavy (non-hydrogen) atoms. The van der Waals surface area contributed by atoms with Gasteiger partial charge in [0.05, 0.1) is 6.20 Å². The Morgan fingerprint density at radius 2 is 2.04 bits per heavy atom. The van der Waals surface area contributed by atoms with Crippen LogP contribution in [0.15, 0.2) is 46.0 Å². The number of sulfonamides is 1. The van der Waals surface area contributed by atoms with Crippen LogP contribution in [-0.4, -0.2) is 33.7 Å². The number of nitrogens with zero attached hydrogens (tertiary/aromatic N) is 1. The Bertz CT molecular complexity index is 751. The van der Waals surface area contributed by atoms with Crippen molar-refractivity contribution in [1.29, 1.82) is 0 Å². The molecule has 0 saturated heterocycles. The van der Waals surface area contributed by atoms with Crippen LogP contribution in [-0.2, 0) is 14.8 Å². The topological polar surface area (TPSA) is 81.4 Å². The highest BCUT2D eigenvalue weighted by Crippen LogP contribution is 2.48. The molecule has 1 fully saturated rings. The molecule has 0 spiro atoms. The summed E-state index contributed by atoms with van der Waals surface area (Å²) in [6.45, 7) is 1.04. The third-order valence-electron chi connectivity index (χ3n) is 4.20. The molecule has 0 amide bonds. The molecular weight excluding hydrogens is 316 g/mol. The van der Waals surface area contributed by atoms with Gasteiger partial charge in [-0.05, 0) is 36.8 Å². The van der Waals surface area contributed by atoms with Gasteiger partial charge in [0.25, 0.3) is 15.1 Å². The van der Waals surface area contributed by atoms with Crippen LogP contribution in [0, 0.1) is 5.41 Å². The van der Waals surface area contributed by atoms with E-state index < -0.39 is 10.0 Å². The molecule has 1 aliphatic rings. The van der Waals surface area contributed by atoms with Crippen molar-refractivity contribution in [2.24, 2.45) is 5.41 Å². The third-order valence-corrected chi connectivity index (χ3v) is 5.44. The zero-order chi connectivity index (χ0) is 16.3. The summed E-state index contributed by atoms with van der Waals surface area (Å²) in [5, 5.41) is -0.154. The van der Waals surface area contributed by atoms with Crippen molar-refractivity contribution in [2.75, 3.05) is 20.3 Å². The Morgan fingerprint density at radius 1 is 1.30 bits per heavy atom. The molecule has 3 rings (SSSR count). The quantitative estimate of drug-likeness (QED) is 0.801. The first-order valence-electron chi connectivity index (χ1n) is 7.55. The molecule has 1 heterocycles. The molecule has 2 aromatic rings. The minimum atomic E-state index is -3.69. The summed E-state index contributed by atoms with van der Waals surface area (Å²) in [5.74, 6) is 0.298. The van der Waals surface area contributed by atoms with Crippen molar-refractivity contribution < 1.29 is 17.6 Å². The standard InChI is InChI=1S/C16H20N2O4S/c1-21-10-9-16(7-8-16)12-18-23(19,20)14-11-17-15(22-14)13-5-3-2-4-6-13/h2-6,11,18H,7-10,12H2,1H3. The molecule has 0 unspecified atom stereocenters. The molecule has 1 aromatic carbocycles. The molecule has 0 radical (unpaired) electrons. The second kappa shape index (κ2) is 6.43. The van der Waals surface area contributed by atoms with E-state index in [1.807, 2.05) is 30.3 Å². The number of hydrogen-bond donors (Lipinski definition) is 1. The summed E-state index contributed by atoms with van der Waals surface area (Å²) in [6, 6.07) is 9.21. The Morgan fingerprint density at radius 3 is 2.70 bits per heavy atom. The van der Waals surface area contributed by atoms with Crippen LogP contribution in [0.1, 0.15) is 19.3 Å². The summed E-state index contributed by atoms with van der Waals surface area (Å²) in [4.78, 5) is 4.06. The summed E-state index contributed by atoms with van der Waals surface area (Å²) >= 11 is 0. The average molecular weight is 336 g/mol. The van der Waals surface area contributed by atoms with Gasteiger partial charge in [0.1, 0.15) is 0 Å². The van der Waals surface area contributed by atoms with Crippen LogP contribution >= 0.6 is 0 Å². The van der Waals surface area contributed by atoms with E-state index in [1.165, 1.54) is 6.20 Å². The van der Waals surface area contributed by atoms with E-state index in [-0.39, 0.29) is 10.5 Å². The molecule has 1 N–H and O–H groups in total. The van der Waals surface area contributed by atoms with Crippen molar-refractivity contribution in [3.05, 3.63) is 36.5 Å². The number of nitrogens with one attached hydrogen (secondary N) is 1. The van der Waals surface area contributed by atoms with Crippen LogP contribution < -0.4 is 4.72 Å². The van der Waals surface area contributed by atoms with Crippen molar-refractivity contribution in [1.82, 2.24) is 9.71 Å². The summed E-state index contributed by atoms with van der Waals surface area (Å²) in [6.07, 6.45) is 4.15. The maximum atomic E-state index is 12.3. The lowest BCUT2D eigenvalue weighted by Crippen LogP contribution is -2.30. The van der Waals surface area contributed by atoms with Gasteiger partial charge in [0.15, 0.2) is 0 Å². The first-order chi connectivity index (χ1) is 11.0. The lowest BCUT2D eigenvalue weighted by molar-refractivity contribution is 0.173. The van der Waals surface area contributed by atoms with Gasteiger partial charge in [-0.25, -0.2) is 18.1 Å². The van der Waals surface area contributed by atoms with Crippen LogP contribution in [0.2, 0.25) is 0 Å². The van der Waals surface area contributed by atoms with Gasteiger partial charge in [0.2, 0.25) is 5.89 Å². The van der Waals surface area contributed by atoms with Gasteiger partial charge < -0.3 is 9.15 Å². The Labute approximate surface area is 135 Å². The Kier molecular flexibility index (Phi) is 4.52. The van der Waals surface area contributed by atoms with Gasteiger partial charge in [0, 0.05) is 25.8 Å². The largest absolute Gasteiger partial charge is 0.423 e. The van der Waals surface area contributed by atoms with Crippen molar-refractivity contribution in [3.8, 4) is 11.5 Å². The van der Waals surface area contributed by atoms with Gasteiger partial charge >= 0.3 is 0 Å². The maximum absolute atomic E-state index is 12.3. The number of aromatic nitrogens is 1. The molecule has 6 nitrogen and oxygen atoms in total. The summed E-state index contributed by atoms with van der Waals surface area (Å²) in [7, 11) is -2.03. The lowest BCUT2D eigenvalue weighted by Gasteiger charge is -2.14. The zero-order valence-electron chi connectivity index (χ0n) is 13.0. The fraction of sp³-hybridized carbons (Fsp3) is 0.438. The minimum Gasteiger partial charge on any atom is -0.423 e. The average Bonchev–Trinajstić information content (AvgIpc) is 3.15.